The second kappa shape index (κ2) is 9.24. The van der Waals surface area contributed by atoms with Crippen LogP contribution >= 0.6 is 11.3 Å². The first-order valence-corrected chi connectivity index (χ1v) is 11.4. The van der Waals surface area contributed by atoms with Crippen LogP contribution in [0.1, 0.15) is 36.8 Å². The van der Waals surface area contributed by atoms with Gasteiger partial charge in [-0.25, -0.2) is 4.98 Å². The third-order valence-electron chi connectivity index (χ3n) is 5.84. The minimum atomic E-state index is -0.274. The predicted octanol–water partition coefficient (Wildman–Crippen LogP) is 2.91. The van der Waals surface area contributed by atoms with Gasteiger partial charge in [-0.05, 0) is 57.0 Å². The zero-order chi connectivity index (χ0) is 20.2. The van der Waals surface area contributed by atoms with Crippen molar-refractivity contribution in [2.45, 2.75) is 45.2 Å². The lowest BCUT2D eigenvalue weighted by atomic mass is 10.1. The summed E-state index contributed by atoms with van der Waals surface area (Å²) in [7, 11) is 0. The van der Waals surface area contributed by atoms with Gasteiger partial charge in [-0.15, -0.1) is 11.3 Å². The molecule has 156 valence electrons. The topological polar surface area (TPSA) is 71.7 Å². The summed E-state index contributed by atoms with van der Waals surface area (Å²) < 4.78 is 5.93. The first-order valence-electron chi connectivity index (χ1n) is 10.5. The minimum absolute atomic E-state index is 0.274. The number of nitrogens with two attached hydrogens (primary N) is 1. The van der Waals surface area contributed by atoms with E-state index in [4.69, 9.17) is 15.5 Å². The lowest BCUT2D eigenvalue weighted by Gasteiger charge is -2.24. The van der Waals surface area contributed by atoms with E-state index < -0.39 is 0 Å². The molecular weight excluding hydrogens is 384 g/mol. The molecule has 2 aliphatic heterocycles. The number of carbonyl (C=O) groups is 1. The maximum atomic E-state index is 11.2. The number of fused-ring (bicyclic) bond motifs is 1. The normalized spacial score (nSPS) is 20.0. The molecule has 6 nitrogen and oxygen atoms in total. The number of primary amides is 1. The maximum Gasteiger partial charge on any atom is 0.231 e. The number of hydrogen-bond donors (Lipinski definition) is 1. The number of likely N-dealkylation sites (tertiary alicyclic amines) is 1. The third-order valence-corrected chi connectivity index (χ3v) is 6.97. The summed E-state index contributed by atoms with van der Waals surface area (Å²) in [6, 6.07) is 8.97. The Hall–Kier alpha value is -1.96. The summed E-state index contributed by atoms with van der Waals surface area (Å²) >= 11 is 1.71. The van der Waals surface area contributed by atoms with Crippen molar-refractivity contribution in [3.05, 3.63) is 34.8 Å². The van der Waals surface area contributed by atoms with Gasteiger partial charge >= 0.3 is 0 Å². The van der Waals surface area contributed by atoms with Crippen LogP contribution in [0.3, 0.4) is 0 Å². The molecular formula is C22H30N4O2S. The van der Waals surface area contributed by atoms with Crippen molar-refractivity contribution < 1.29 is 9.53 Å². The zero-order valence-corrected chi connectivity index (χ0v) is 17.9. The minimum Gasteiger partial charge on any atom is -0.494 e. The number of rotatable bonds is 8. The van der Waals surface area contributed by atoms with Gasteiger partial charge in [0.1, 0.15) is 10.8 Å². The number of benzene rings is 1. The molecule has 1 aromatic carbocycles. The zero-order valence-electron chi connectivity index (χ0n) is 17.1. The lowest BCUT2D eigenvalue weighted by molar-refractivity contribution is -0.119. The van der Waals surface area contributed by atoms with Crippen molar-refractivity contribution in [2.75, 3.05) is 32.8 Å². The van der Waals surface area contributed by atoms with Gasteiger partial charge < -0.3 is 15.4 Å². The molecule has 0 bridgehead atoms. The molecule has 1 atom stereocenters. The molecule has 1 amide bonds. The first kappa shape index (κ1) is 20.3. The monoisotopic (exact) mass is 414 g/mol. The smallest absolute Gasteiger partial charge is 0.231 e. The van der Waals surface area contributed by atoms with Gasteiger partial charge in [-0.2, -0.15) is 0 Å². The van der Waals surface area contributed by atoms with Gasteiger partial charge in [0.05, 0.1) is 18.8 Å². The van der Waals surface area contributed by atoms with Gasteiger partial charge in [0.25, 0.3) is 0 Å². The van der Waals surface area contributed by atoms with Gasteiger partial charge in [0.15, 0.2) is 0 Å². The Labute approximate surface area is 176 Å². The van der Waals surface area contributed by atoms with Crippen molar-refractivity contribution in [1.29, 1.82) is 0 Å². The highest BCUT2D eigenvalue weighted by molar-refractivity contribution is 7.15. The van der Waals surface area contributed by atoms with E-state index in [1.165, 1.54) is 24.3 Å². The summed E-state index contributed by atoms with van der Waals surface area (Å²) in [5.74, 6) is 0.640. The van der Waals surface area contributed by atoms with Crippen LogP contribution in [0.4, 0.5) is 0 Å². The second-order valence-corrected chi connectivity index (χ2v) is 9.15. The quantitative estimate of drug-likeness (QED) is 0.673. The van der Waals surface area contributed by atoms with Gasteiger partial charge in [0.2, 0.25) is 5.91 Å². The number of nitrogens with zero attached hydrogens (tertiary/aromatic N) is 3. The number of ether oxygens (including phenoxy) is 1. The lowest BCUT2D eigenvalue weighted by Crippen LogP contribution is -2.37. The molecule has 1 saturated heterocycles. The molecule has 0 unspecified atom stereocenters. The summed E-state index contributed by atoms with van der Waals surface area (Å²) in [4.78, 5) is 21.9. The molecule has 1 fully saturated rings. The third kappa shape index (κ3) is 5.15. The average Bonchev–Trinajstić information content (AvgIpc) is 3.31. The summed E-state index contributed by atoms with van der Waals surface area (Å²) in [5.41, 5.74) is 7.60. The van der Waals surface area contributed by atoms with Gasteiger partial charge in [0, 0.05) is 42.5 Å². The van der Waals surface area contributed by atoms with Crippen molar-refractivity contribution >= 4 is 17.2 Å². The number of hydrogen-bond acceptors (Lipinski definition) is 6. The van der Waals surface area contributed by atoms with Crippen LogP contribution in [0, 0.1) is 0 Å². The molecule has 2 aliphatic rings. The SMILES string of the molecule is C[C@@H]1CCCN1CCCOc1ccc(-c2nc3c(s2)CN(CC(N)=O)CC3)cc1. The molecule has 29 heavy (non-hydrogen) atoms. The van der Waals surface area contributed by atoms with E-state index in [-0.39, 0.29) is 5.91 Å². The average molecular weight is 415 g/mol. The fraction of sp³-hybridized carbons (Fsp3) is 0.545. The predicted molar refractivity (Wildman–Crippen MR) is 116 cm³/mol. The Morgan fingerprint density at radius 2 is 2.14 bits per heavy atom. The molecule has 2 N–H and O–H groups in total. The Balaban J connectivity index is 1.29. The number of aromatic nitrogens is 1. The fourth-order valence-corrected chi connectivity index (χ4v) is 5.36. The van der Waals surface area contributed by atoms with E-state index in [2.05, 4.69) is 28.9 Å². The Morgan fingerprint density at radius 1 is 1.31 bits per heavy atom. The molecule has 0 saturated carbocycles. The summed E-state index contributed by atoms with van der Waals surface area (Å²) in [5, 5.41) is 1.03. The van der Waals surface area contributed by atoms with E-state index in [1.54, 1.807) is 11.3 Å². The molecule has 0 aliphatic carbocycles. The second-order valence-electron chi connectivity index (χ2n) is 8.07. The van der Waals surface area contributed by atoms with Crippen LogP contribution in [-0.4, -0.2) is 59.5 Å². The van der Waals surface area contributed by atoms with Crippen LogP contribution in [0.25, 0.3) is 10.6 Å². The Morgan fingerprint density at radius 3 is 2.86 bits per heavy atom. The van der Waals surface area contributed by atoms with Crippen molar-refractivity contribution in [1.82, 2.24) is 14.8 Å². The highest BCUT2D eigenvalue weighted by Gasteiger charge is 2.22. The number of thiazole rings is 1. The molecule has 2 aromatic rings. The van der Waals surface area contributed by atoms with Gasteiger partial charge in [-0.1, -0.05) is 0 Å². The first-order chi connectivity index (χ1) is 14.1. The van der Waals surface area contributed by atoms with E-state index in [0.717, 1.165) is 67.1 Å². The van der Waals surface area contributed by atoms with Crippen LogP contribution in [-0.2, 0) is 17.8 Å². The fourth-order valence-electron chi connectivity index (χ4n) is 4.20. The molecule has 0 radical (unpaired) electrons. The van der Waals surface area contributed by atoms with E-state index >= 15 is 0 Å². The molecule has 4 rings (SSSR count). The number of carbonyl (C=O) groups excluding carboxylic acids is 1. The van der Waals surface area contributed by atoms with Crippen LogP contribution in [0.2, 0.25) is 0 Å². The maximum absolute atomic E-state index is 11.2. The summed E-state index contributed by atoms with van der Waals surface area (Å²) in [6.07, 6.45) is 4.58. The molecule has 1 aromatic heterocycles. The van der Waals surface area contributed by atoms with Crippen LogP contribution < -0.4 is 10.5 Å². The Bertz CT molecular complexity index is 836. The highest BCUT2D eigenvalue weighted by Crippen LogP contribution is 2.32. The largest absolute Gasteiger partial charge is 0.494 e. The Kier molecular flexibility index (Phi) is 6.47. The van der Waals surface area contributed by atoms with Crippen molar-refractivity contribution in [3.8, 4) is 16.3 Å². The molecule has 0 spiro atoms. The van der Waals surface area contributed by atoms with E-state index in [9.17, 15) is 4.79 Å². The van der Waals surface area contributed by atoms with E-state index in [1.807, 2.05) is 12.1 Å². The highest BCUT2D eigenvalue weighted by atomic mass is 32.1. The molecule has 7 heteroatoms. The standard InChI is InChI=1S/C22H30N4O2S/c1-16-4-2-10-26(16)11-3-13-28-18-7-5-17(6-8-18)22-24-19-9-12-25(15-21(23)27)14-20(19)29-22/h5-8,16H,2-4,9-15H2,1H3,(H2,23,27)/t16-/m1/s1. The van der Waals surface area contributed by atoms with E-state index in [0.29, 0.717) is 6.54 Å². The number of amides is 1. The van der Waals surface area contributed by atoms with Crippen LogP contribution in [0.15, 0.2) is 24.3 Å². The van der Waals surface area contributed by atoms with Crippen molar-refractivity contribution in [3.63, 3.8) is 0 Å². The van der Waals surface area contributed by atoms with Gasteiger partial charge in [-0.3, -0.25) is 9.69 Å². The summed E-state index contributed by atoms with van der Waals surface area (Å²) in [6.45, 7) is 7.33. The van der Waals surface area contributed by atoms with Crippen molar-refractivity contribution in [2.24, 2.45) is 5.73 Å². The van der Waals surface area contributed by atoms with Crippen LogP contribution in [0.5, 0.6) is 5.75 Å². The molecule has 3 heterocycles.